The van der Waals surface area contributed by atoms with Crippen molar-refractivity contribution < 1.29 is 5.11 Å². The van der Waals surface area contributed by atoms with Gasteiger partial charge in [-0.1, -0.05) is 13.8 Å². The molecule has 2 aromatic heterocycles. The van der Waals surface area contributed by atoms with E-state index >= 15 is 0 Å². The molecule has 0 aliphatic carbocycles. The van der Waals surface area contributed by atoms with Gasteiger partial charge in [0.1, 0.15) is 24.2 Å². The van der Waals surface area contributed by atoms with E-state index < -0.39 is 0 Å². The van der Waals surface area contributed by atoms with Gasteiger partial charge in [0, 0.05) is 5.92 Å². The Hall–Kier alpha value is -1.82. The molecule has 2 aromatic rings. The molecule has 0 saturated carbocycles. The standard InChI is InChI=1S/C10H13N5O/c1-7(2)10-12-3-9(8(4-16)14-10)15-6-11-5-13-15/h3,5-7,16H,4H2,1-2H3. The Morgan fingerprint density at radius 2 is 2.25 bits per heavy atom. The number of aliphatic hydroxyl groups is 1. The van der Waals surface area contributed by atoms with E-state index in [0.29, 0.717) is 17.2 Å². The van der Waals surface area contributed by atoms with Crippen LogP contribution in [0.4, 0.5) is 0 Å². The van der Waals surface area contributed by atoms with E-state index in [2.05, 4.69) is 20.1 Å². The van der Waals surface area contributed by atoms with Crippen LogP contribution in [0, 0.1) is 0 Å². The lowest BCUT2D eigenvalue weighted by atomic mass is 10.2. The molecular weight excluding hydrogens is 206 g/mol. The molecule has 16 heavy (non-hydrogen) atoms. The predicted octanol–water partition coefficient (Wildman–Crippen LogP) is 0.673. The molecule has 0 unspecified atom stereocenters. The summed E-state index contributed by atoms with van der Waals surface area (Å²) in [6.45, 7) is 3.87. The Morgan fingerprint density at radius 3 is 2.81 bits per heavy atom. The van der Waals surface area contributed by atoms with Gasteiger partial charge < -0.3 is 5.11 Å². The lowest BCUT2D eigenvalue weighted by molar-refractivity contribution is 0.275. The summed E-state index contributed by atoms with van der Waals surface area (Å²) in [5, 5.41) is 13.3. The zero-order chi connectivity index (χ0) is 11.5. The van der Waals surface area contributed by atoms with Crippen LogP contribution in [0.1, 0.15) is 31.3 Å². The zero-order valence-electron chi connectivity index (χ0n) is 9.20. The highest BCUT2D eigenvalue weighted by Gasteiger charge is 2.10. The molecule has 0 aliphatic heterocycles. The summed E-state index contributed by atoms with van der Waals surface area (Å²) in [7, 11) is 0. The Labute approximate surface area is 93.0 Å². The molecule has 2 heterocycles. The Morgan fingerprint density at radius 1 is 1.44 bits per heavy atom. The van der Waals surface area contributed by atoms with E-state index in [1.165, 1.54) is 11.0 Å². The molecule has 6 nitrogen and oxygen atoms in total. The molecule has 0 bridgehead atoms. The van der Waals surface area contributed by atoms with Crippen molar-refractivity contribution in [1.29, 1.82) is 0 Å². The van der Waals surface area contributed by atoms with Gasteiger partial charge in [0.15, 0.2) is 0 Å². The average molecular weight is 219 g/mol. The van der Waals surface area contributed by atoms with Gasteiger partial charge in [0.25, 0.3) is 0 Å². The van der Waals surface area contributed by atoms with Gasteiger partial charge in [-0.3, -0.25) is 0 Å². The van der Waals surface area contributed by atoms with Crippen LogP contribution >= 0.6 is 0 Å². The number of hydrogen-bond donors (Lipinski definition) is 1. The first-order chi connectivity index (χ1) is 7.72. The molecule has 0 aromatic carbocycles. The second kappa shape index (κ2) is 4.36. The maximum absolute atomic E-state index is 9.27. The first kappa shape index (κ1) is 10.7. The minimum absolute atomic E-state index is 0.141. The summed E-state index contributed by atoms with van der Waals surface area (Å²) in [6.07, 6.45) is 4.63. The van der Waals surface area contributed by atoms with Crippen LogP contribution in [-0.4, -0.2) is 29.8 Å². The van der Waals surface area contributed by atoms with E-state index in [-0.39, 0.29) is 12.5 Å². The van der Waals surface area contributed by atoms with Gasteiger partial charge in [-0.15, -0.1) is 0 Å². The molecule has 0 spiro atoms. The fourth-order valence-electron chi connectivity index (χ4n) is 1.34. The fraction of sp³-hybridized carbons (Fsp3) is 0.400. The van der Waals surface area contributed by atoms with Crippen molar-refractivity contribution in [3.05, 3.63) is 30.4 Å². The fourth-order valence-corrected chi connectivity index (χ4v) is 1.34. The summed E-state index contributed by atoms with van der Waals surface area (Å²) in [5.74, 6) is 0.947. The summed E-state index contributed by atoms with van der Waals surface area (Å²) < 4.78 is 1.54. The van der Waals surface area contributed by atoms with Crippen molar-refractivity contribution in [2.45, 2.75) is 26.4 Å². The van der Waals surface area contributed by atoms with E-state index in [0.717, 1.165) is 0 Å². The monoisotopic (exact) mass is 219 g/mol. The normalized spacial score (nSPS) is 11.0. The highest BCUT2D eigenvalue weighted by molar-refractivity contribution is 5.32. The van der Waals surface area contributed by atoms with Gasteiger partial charge >= 0.3 is 0 Å². The quantitative estimate of drug-likeness (QED) is 0.821. The number of nitrogens with zero attached hydrogens (tertiary/aromatic N) is 5. The third-order valence-corrected chi connectivity index (χ3v) is 2.20. The highest BCUT2D eigenvalue weighted by atomic mass is 16.3. The molecule has 0 atom stereocenters. The lowest BCUT2D eigenvalue weighted by Crippen LogP contribution is -2.08. The average Bonchev–Trinajstić information content (AvgIpc) is 2.81. The van der Waals surface area contributed by atoms with Crippen molar-refractivity contribution in [3.8, 4) is 5.69 Å². The first-order valence-electron chi connectivity index (χ1n) is 5.04. The van der Waals surface area contributed by atoms with E-state index in [1.807, 2.05) is 13.8 Å². The topological polar surface area (TPSA) is 76.7 Å². The Bertz CT molecular complexity index is 466. The van der Waals surface area contributed by atoms with E-state index in [1.54, 1.807) is 12.5 Å². The first-order valence-corrected chi connectivity index (χ1v) is 5.04. The molecule has 0 aliphatic rings. The summed E-state index contributed by atoms with van der Waals surface area (Å²) in [6, 6.07) is 0. The predicted molar refractivity (Wildman–Crippen MR) is 57.0 cm³/mol. The van der Waals surface area contributed by atoms with E-state index in [4.69, 9.17) is 0 Å². The van der Waals surface area contributed by atoms with Gasteiger partial charge in [0.05, 0.1) is 18.5 Å². The maximum Gasteiger partial charge on any atom is 0.138 e. The van der Waals surface area contributed by atoms with Gasteiger partial charge in [-0.25, -0.2) is 19.6 Å². The third kappa shape index (κ3) is 1.92. The molecule has 0 saturated heterocycles. The summed E-state index contributed by atoms with van der Waals surface area (Å²) >= 11 is 0. The van der Waals surface area contributed by atoms with Crippen molar-refractivity contribution in [1.82, 2.24) is 24.7 Å². The SMILES string of the molecule is CC(C)c1ncc(-n2cncn2)c(CO)n1. The summed E-state index contributed by atoms with van der Waals surface area (Å²) in [5.41, 5.74) is 1.22. The maximum atomic E-state index is 9.27. The largest absolute Gasteiger partial charge is 0.390 e. The minimum Gasteiger partial charge on any atom is -0.390 e. The van der Waals surface area contributed by atoms with E-state index in [9.17, 15) is 5.11 Å². The minimum atomic E-state index is -0.141. The number of aliphatic hydroxyl groups excluding tert-OH is 1. The number of hydrogen-bond acceptors (Lipinski definition) is 5. The third-order valence-electron chi connectivity index (χ3n) is 2.20. The van der Waals surface area contributed by atoms with Gasteiger partial charge in [0.2, 0.25) is 0 Å². The zero-order valence-corrected chi connectivity index (χ0v) is 9.20. The molecule has 6 heteroatoms. The van der Waals surface area contributed by atoms with Crippen LogP contribution in [0.25, 0.3) is 5.69 Å². The van der Waals surface area contributed by atoms with Crippen LogP contribution in [0.3, 0.4) is 0 Å². The van der Waals surface area contributed by atoms with Crippen molar-refractivity contribution in [2.24, 2.45) is 0 Å². The van der Waals surface area contributed by atoms with Gasteiger partial charge in [-0.05, 0) is 0 Å². The molecular formula is C10H13N5O. The highest BCUT2D eigenvalue weighted by Crippen LogP contribution is 2.14. The smallest absolute Gasteiger partial charge is 0.138 e. The number of aromatic nitrogens is 5. The number of rotatable bonds is 3. The molecule has 2 rings (SSSR count). The van der Waals surface area contributed by atoms with Crippen LogP contribution in [0.5, 0.6) is 0 Å². The van der Waals surface area contributed by atoms with Crippen LogP contribution in [-0.2, 0) is 6.61 Å². The lowest BCUT2D eigenvalue weighted by Gasteiger charge is -2.09. The van der Waals surface area contributed by atoms with Crippen molar-refractivity contribution >= 4 is 0 Å². The Balaban J connectivity index is 2.47. The van der Waals surface area contributed by atoms with Crippen LogP contribution in [0.15, 0.2) is 18.9 Å². The second-order valence-electron chi connectivity index (χ2n) is 3.71. The van der Waals surface area contributed by atoms with Crippen LogP contribution in [0.2, 0.25) is 0 Å². The second-order valence-corrected chi connectivity index (χ2v) is 3.71. The van der Waals surface area contributed by atoms with Crippen LogP contribution < -0.4 is 0 Å². The molecule has 0 fully saturated rings. The molecule has 0 radical (unpaired) electrons. The van der Waals surface area contributed by atoms with Gasteiger partial charge in [-0.2, -0.15) is 5.10 Å². The molecule has 0 amide bonds. The molecule has 1 N–H and O–H groups in total. The Kier molecular flexibility index (Phi) is 2.91. The molecule has 84 valence electrons. The van der Waals surface area contributed by atoms with Crippen molar-refractivity contribution in [3.63, 3.8) is 0 Å². The van der Waals surface area contributed by atoms with Crippen molar-refractivity contribution in [2.75, 3.05) is 0 Å². The summed E-state index contributed by atoms with van der Waals surface area (Å²) in [4.78, 5) is 12.4.